The highest BCUT2D eigenvalue weighted by Crippen LogP contribution is 2.09. The molecule has 0 spiro atoms. The van der Waals surface area contributed by atoms with Crippen molar-refractivity contribution in [2.75, 3.05) is 6.54 Å². The van der Waals surface area contributed by atoms with E-state index in [9.17, 15) is 4.79 Å². The lowest BCUT2D eigenvalue weighted by atomic mass is 10.0. The van der Waals surface area contributed by atoms with Crippen LogP contribution in [0.5, 0.6) is 0 Å². The molecule has 0 aliphatic rings. The van der Waals surface area contributed by atoms with Gasteiger partial charge in [0.25, 0.3) is 5.91 Å². The topological polar surface area (TPSA) is 29.1 Å². The molecule has 0 aliphatic heterocycles. The van der Waals surface area contributed by atoms with Crippen LogP contribution in [-0.4, -0.2) is 12.5 Å². The zero-order valence-electron chi connectivity index (χ0n) is 11.3. The summed E-state index contributed by atoms with van der Waals surface area (Å²) in [7, 11) is 0. The quantitative estimate of drug-likeness (QED) is 0.831. The van der Waals surface area contributed by atoms with Crippen LogP contribution in [0.25, 0.3) is 0 Å². The van der Waals surface area contributed by atoms with Crippen LogP contribution < -0.4 is 5.32 Å². The number of amides is 1. The summed E-state index contributed by atoms with van der Waals surface area (Å²) in [6.45, 7) is 9.30. The Bertz CT molecular complexity index is 352. The van der Waals surface area contributed by atoms with E-state index in [0.717, 1.165) is 18.5 Å². The molecule has 0 unspecified atom stereocenters. The minimum atomic E-state index is 0.0230. The molecule has 0 bridgehead atoms. The summed E-state index contributed by atoms with van der Waals surface area (Å²) in [5.41, 5.74) is 2.04. The van der Waals surface area contributed by atoms with E-state index in [2.05, 4.69) is 33.0 Å². The first-order chi connectivity index (χ1) is 7.99. The number of benzene rings is 1. The third-order valence-electron chi connectivity index (χ3n) is 2.53. The summed E-state index contributed by atoms with van der Waals surface area (Å²) < 4.78 is 0. The van der Waals surface area contributed by atoms with E-state index in [4.69, 9.17) is 0 Å². The van der Waals surface area contributed by atoms with Gasteiger partial charge in [0.05, 0.1) is 0 Å². The van der Waals surface area contributed by atoms with Crippen molar-refractivity contribution in [3.63, 3.8) is 0 Å². The summed E-state index contributed by atoms with van der Waals surface area (Å²) in [6.07, 6.45) is 1.06. The second kappa shape index (κ2) is 6.43. The van der Waals surface area contributed by atoms with Crippen molar-refractivity contribution in [1.29, 1.82) is 0 Å². The molecular weight excluding hydrogens is 210 g/mol. The van der Waals surface area contributed by atoms with Crippen LogP contribution in [0.15, 0.2) is 24.3 Å². The van der Waals surface area contributed by atoms with E-state index >= 15 is 0 Å². The number of carbonyl (C=O) groups excluding carboxylic acids is 1. The predicted octanol–water partition coefficient (Wildman–Crippen LogP) is 3.27. The minimum Gasteiger partial charge on any atom is -0.352 e. The van der Waals surface area contributed by atoms with Crippen molar-refractivity contribution >= 4 is 5.91 Å². The molecule has 17 heavy (non-hydrogen) atoms. The lowest BCUT2D eigenvalue weighted by molar-refractivity contribution is 0.0949. The van der Waals surface area contributed by atoms with Crippen LogP contribution in [0, 0.1) is 11.8 Å². The second-order valence-electron chi connectivity index (χ2n) is 5.40. The monoisotopic (exact) mass is 233 g/mol. The molecule has 2 nitrogen and oxygen atoms in total. The molecule has 0 saturated carbocycles. The van der Waals surface area contributed by atoms with Gasteiger partial charge in [-0.05, 0) is 36.0 Å². The summed E-state index contributed by atoms with van der Waals surface area (Å²) in [6, 6.07) is 7.91. The fourth-order valence-electron chi connectivity index (χ4n) is 1.66. The van der Waals surface area contributed by atoms with Gasteiger partial charge in [-0.1, -0.05) is 39.8 Å². The van der Waals surface area contributed by atoms with Gasteiger partial charge < -0.3 is 5.32 Å². The van der Waals surface area contributed by atoms with Crippen LogP contribution in [0.2, 0.25) is 0 Å². The molecule has 1 rings (SSSR count). The largest absolute Gasteiger partial charge is 0.352 e. The van der Waals surface area contributed by atoms with Gasteiger partial charge in [0, 0.05) is 12.1 Å². The standard InChI is InChI=1S/C15H23NO/c1-11(2)9-13-5-7-14(8-6-13)15(17)16-10-12(3)4/h5-8,11-12H,9-10H2,1-4H3,(H,16,17). The Balaban J connectivity index is 2.57. The van der Waals surface area contributed by atoms with E-state index in [1.807, 2.05) is 24.3 Å². The van der Waals surface area contributed by atoms with Crippen LogP contribution in [0.3, 0.4) is 0 Å². The maximum atomic E-state index is 11.8. The van der Waals surface area contributed by atoms with E-state index < -0.39 is 0 Å². The SMILES string of the molecule is CC(C)CNC(=O)c1ccc(CC(C)C)cc1. The van der Waals surface area contributed by atoms with E-state index in [-0.39, 0.29) is 5.91 Å². The van der Waals surface area contributed by atoms with Gasteiger partial charge in [-0.15, -0.1) is 0 Å². The molecule has 0 aliphatic carbocycles. The fraction of sp³-hybridized carbons (Fsp3) is 0.533. The van der Waals surface area contributed by atoms with Crippen LogP contribution >= 0.6 is 0 Å². The third-order valence-corrected chi connectivity index (χ3v) is 2.53. The Kier molecular flexibility index (Phi) is 5.20. The number of nitrogens with one attached hydrogen (secondary N) is 1. The smallest absolute Gasteiger partial charge is 0.251 e. The maximum Gasteiger partial charge on any atom is 0.251 e. The highest BCUT2D eigenvalue weighted by atomic mass is 16.1. The zero-order chi connectivity index (χ0) is 12.8. The Morgan fingerprint density at radius 3 is 2.12 bits per heavy atom. The van der Waals surface area contributed by atoms with Crippen LogP contribution in [-0.2, 0) is 6.42 Å². The first-order valence-electron chi connectivity index (χ1n) is 6.36. The molecule has 0 heterocycles. The molecular formula is C15H23NO. The third kappa shape index (κ3) is 5.03. The molecule has 2 heteroatoms. The molecule has 0 saturated heterocycles. The Morgan fingerprint density at radius 2 is 1.65 bits per heavy atom. The van der Waals surface area contributed by atoms with Crippen molar-refractivity contribution in [1.82, 2.24) is 5.32 Å². The van der Waals surface area contributed by atoms with Crippen molar-refractivity contribution < 1.29 is 4.79 Å². The van der Waals surface area contributed by atoms with Gasteiger partial charge >= 0.3 is 0 Å². The van der Waals surface area contributed by atoms with Gasteiger partial charge in [0.2, 0.25) is 0 Å². The minimum absolute atomic E-state index is 0.0230. The Hall–Kier alpha value is -1.31. The first kappa shape index (κ1) is 13.8. The average Bonchev–Trinajstić information content (AvgIpc) is 2.26. The van der Waals surface area contributed by atoms with Gasteiger partial charge in [0.1, 0.15) is 0 Å². The highest BCUT2D eigenvalue weighted by molar-refractivity contribution is 5.94. The fourth-order valence-corrected chi connectivity index (χ4v) is 1.66. The molecule has 1 aromatic rings. The van der Waals surface area contributed by atoms with Gasteiger partial charge in [-0.25, -0.2) is 0 Å². The van der Waals surface area contributed by atoms with Crippen LogP contribution in [0.4, 0.5) is 0 Å². The van der Waals surface area contributed by atoms with Crippen molar-refractivity contribution in [3.05, 3.63) is 35.4 Å². The van der Waals surface area contributed by atoms with E-state index in [1.165, 1.54) is 5.56 Å². The van der Waals surface area contributed by atoms with Gasteiger partial charge in [-0.3, -0.25) is 4.79 Å². The Labute approximate surface area is 104 Å². The Morgan fingerprint density at radius 1 is 1.06 bits per heavy atom. The molecule has 0 atom stereocenters. The predicted molar refractivity (Wildman–Crippen MR) is 72.2 cm³/mol. The molecule has 1 N–H and O–H groups in total. The van der Waals surface area contributed by atoms with Crippen molar-refractivity contribution in [2.45, 2.75) is 34.1 Å². The molecule has 0 fully saturated rings. The van der Waals surface area contributed by atoms with Gasteiger partial charge in [-0.2, -0.15) is 0 Å². The van der Waals surface area contributed by atoms with E-state index in [1.54, 1.807) is 0 Å². The first-order valence-corrected chi connectivity index (χ1v) is 6.36. The lowest BCUT2D eigenvalue weighted by Crippen LogP contribution is -2.27. The normalized spacial score (nSPS) is 10.9. The number of hydrogen-bond acceptors (Lipinski definition) is 1. The number of rotatable bonds is 5. The average molecular weight is 233 g/mol. The highest BCUT2D eigenvalue weighted by Gasteiger charge is 2.06. The maximum absolute atomic E-state index is 11.8. The summed E-state index contributed by atoms with van der Waals surface area (Å²) in [5, 5.41) is 2.92. The summed E-state index contributed by atoms with van der Waals surface area (Å²) in [5.74, 6) is 1.16. The van der Waals surface area contributed by atoms with Gasteiger partial charge in [0.15, 0.2) is 0 Å². The molecule has 94 valence electrons. The van der Waals surface area contributed by atoms with Crippen molar-refractivity contribution in [3.8, 4) is 0 Å². The van der Waals surface area contributed by atoms with E-state index in [0.29, 0.717) is 11.8 Å². The molecule has 1 aromatic carbocycles. The molecule has 1 amide bonds. The lowest BCUT2D eigenvalue weighted by Gasteiger charge is -2.09. The van der Waals surface area contributed by atoms with Crippen molar-refractivity contribution in [2.24, 2.45) is 11.8 Å². The summed E-state index contributed by atoms with van der Waals surface area (Å²) in [4.78, 5) is 11.8. The zero-order valence-corrected chi connectivity index (χ0v) is 11.3. The summed E-state index contributed by atoms with van der Waals surface area (Å²) >= 11 is 0. The van der Waals surface area contributed by atoms with Crippen LogP contribution in [0.1, 0.15) is 43.6 Å². The number of carbonyl (C=O) groups is 1. The molecule has 0 aromatic heterocycles. The molecule has 0 radical (unpaired) electrons. The second-order valence-corrected chi connectivity index (χ2v) is 5.40. The number of hydrogen-bond donors (Lipinski definition) is 1.